The van der Waals surface area contributed by atoms with Gasteiger partial charge in [-0.1, -0.05) is 41.9 Å². The molecule has 0 aliphatic carbocycles. The lowest BCUT2D eigenvalue weighted by Gasteiger charge is -2.41. The van der Waals surface area contributed by atoms with Crippen molar-refractivity contribution in [3.63, 3.8) is 0 Å². The smallest absolute Gasteiger partial charge is 0.410 e. The summed E-state index contributed by atoms with van der Waals surface area (Å²) < 4.78 is 28.9. The summed E-state index contributed by atoms with van der Waals surface area (Å²) in [7, 11) is 0. The topological polar surface area (TPSA) is 108 Å². The lowest BCUT2D eigenvalue weighted by atomic mass is 9.95. The number of hydrogen-bond acceptors (Lipinski definition) is 9. The van der Waals surface area contributed by atoms with Crippen LogP contribution in [0.15, 0.2) is 42.6 Å². The number of fused-ring (bicyclic) bond motifs is 3. The maximum atomic E-state index is 16.8. The molecule has 7 rings (SSSR count). The highest BCUT2D eigenvalue weighted by atomic mass is 35.5. The molecule has 250 valence electrons. The zero-order chi connectivity index (χ0) is 33.6. The second-order valence-corrected chi connectivity index (χ2v) is 14.4. The van der Waals surface area contributed by atoms with Crippen molar-refractivity contribution in [2.24, 2.45) is 0 Å². The Kier molecular flexibility index (Phi) is 8.50. The maximum absolute atomic E-state index is 16.8. The van der Waals surface area contributed by atoms with Gasteiger partial charge in [-0.25, -0.2) is 9.18 Å². The molecule has 1 atom stereocenters. The standard InChI is InChI=1S/C36H39ClFN7O3/c1-35(2,3)48-34(46)45-19-18-43(21-24(45)12-15-39)32-26-20-40-30(25-10-4-8-23-9-5-11-27(37)28(23)25)29(38)31(26)41-33(42-32)47-22-36-13-6-16-44(36)17-7-14-36/h4-5,8-11,20,24H,6-7,12-14,16-19,21-22H2,1-3H3/t24-/m0/s1. The molecular weight excluding hydrogens is 633 g/mol. The average Bonchev–Trinajstić information content (AvgIpc) is 3.64. The average molecular weight is 672 g/mol. The van der Waals surface area contributed by atoms with Gasteiger partial charge in [-0.05, 0) is 71.0 Å². The van der Waals surface area contributed by atoms with Gasteiger partial charge in [0.2, 0.25) is 0 Å². The molecule has 3 aliphatic heterocycles. The number of anilines is 1. The van der Waals surface area contributed by atoms with Gasteiger partial charge in [0.25, 0.3) is 0 Å². The number of halogens is 2. The van der Waals surface area contributed by atoms with Gasteiger partial charge < -0.3 is 19.3 Å². The summed E-state index contributed by atoms with van der Waals surface area (Å²) in [6, 6.07) is 13.0. The lowest BCUT2D eigenvalue weighted by molar-refractivity contribution is 0.0145. The minimum Gasteiger partial charge on any atom is -0.461 e. The van der Waals surface area contributed by atoms with Gasteiger partial charge >= 0.3 is 12.1 Å². The van der Waals surface area contributed by atoms with Crippen LogP contribution in [0, 0.1) is 17.1 Å². The molecule has 48 heavy (non-hydrogen) atoms. The molecule has 3 saturated heterocycles. The predicted molar refractivity (Wildman–Crippen MR) is 183 cm³/mol. The first kappa shape index (κ1) is 32.3. The molecule has 0 unspecified atom stereocenters. The Morgan fingerprint density at radius 3 is 2.58 bits per heavy atom. The minimum atomic E-state index is -0.677. The Balaban J connectivity index is 1.30. The van der Waals surface area contributed by atoms with Crippen molar-refractivity contribution in [2.45, 2.75) is 70.1 Å². The van der Waals surface area contributed by atoms with Gasteiger partial charge in [-0.3, -0.25) is 9.88 Å². The van der Waals surface area contributed by atoms with Crippen LogP contribution in [-0.2, 0) is 4.74 Å². The van der Waals surface area contributed by atoms with Crippen LogP contribution in [0.25, 0.3) is 32.9 Å². The van der Waals surface area contributed by atoms with E-state index >= 15 is 4.39 Å². The Morgan fingerprint density at radius 1 is 1.10 bits per heavy atom. The Morgan fingerprint density at radius 2 is 1.85 bits per heavy atom. The number of rotatable bonds is 6. The van der Waals surface area contributed by atoms with Crippen molar-refractivity contribution in [3.8, 4) is 23.3 Å². The van der Waals surface area contributed by atoms with Crippen molar-refractivity contribution in [3.05, 3.63) is 53.4 Å². The van der Waals surface area contributed by atoms with Crippen LogP contribution >= 0.6 is 11.6 Å². The lowest BCUT2D eigenvalue weighted by Crippen LogP contribution is -2.56. The summed E-state index contributed by atoms with van der Waals surface area (Å²) in [4.78, 5) is 33.3. The fourth-order valence-electron chi connectivity index (χ4n) is 7.56. The molecule has 3 aliphatic rings. The molecule has 0 radical (unpaired) electrons. The van der Waals surface area contributed by atoms with Crippen molar-refractivity contribution in [2.75, 3.05) is 44.2 Å². The van der Waals surface area contributed by atoms with E-state index in [0.29, 0.717) is 53.4 Å². The Labute approximate surface area is 284 Å². The number of ether oxygens (including phenoxy) is 2. The fraction of sp³-hybridized carbons (Fsp3) is 0.472. The molecule has 3 fully saturated rings. The largest absolute Gasteiger partial charge is 0.461 e. The van der Waals surface area contributed by atoms with Gasteiger partial charge in [0.1, 0.15) is 29.2 Å². The van der Waals surface area contributed by atoms with E-state index in [0.717, 1.165) is 44.2 Å². The summed E-state index contributed by atoms with van der Waals surface area (Å²) >= 11 is 6.62. The third kappa shape index (κ3) is 5.96. The molecule has 0 spiro atoms. The Hall–Kier alpha value is -4.27. The molecule has 1 amide bonds. The quantitative estimate of drug-likeness (QED) is 0.214. The molecule has 5 heterocycles. The number of carbonyl (C=O) groups is 1. The van der Waals surface area contributed by atoms with Crippen LogP contribution in [-0.4, -0.2) is 87.4 Å². The van der Waals surface area contributed by atoms with Crippen LogP contribution in [0.2, 0.25) is 5.02 Å². The number of carbonyl (C=O) groups excluding carboxylic acids is 1. The number of amides is 1. The van der Waals surface area contributed by atoms with E-state index in [4.69, 9.17) is 26.1 Å². The monoisotopic (exact) mass is 671 g/mol. The van der Waals surface area contributed by atoms with Crippen LogP contribution in [0.5, 0.6) is 6.01 Å². The van der Waals surface area contributed by atoms with Gasteiger partial charge in [0.05, 0.1) is 29.5 Å². The number of aromatic nitrogens is 3. The third-order valence-electron chi connectivity index (χ3n) is 9.77. The second kappa shape index (κ2) is 12.6. The van der Waals surface area contributed by atoms with Gasteiger partial charge in [-0.15, -0.1) is 0 Å². The van der Waals surface area contributed by atoms with Crippen LogP contribution in [0.1, 0.15) is 52.9 Å². The van der Waals surface area contributed by atoms with E-state index in [2.05, 4.69) is 20.9 Å². The molecule has 12 heteroatoms. The highest BCUT2D eigenvalue weighted by Gasteiger charge is 2.45. The van der Waals surface area contributed by atoms with E-state index in [-0.39, 0.29) is 29.2 Å². The Bertz CT molecular complexity index is 1910. The third-order valence-corrected chi connectivity index (χ3v) is 10.1. The summed E-state index contributed by atoms with van der Waals surface area (Å²) in [6.07, 6.45) is 5.54. The van der Waals surface area contributed by atoms with E-state index in [1.165, 1.54) is 0 Å². The van der Waals surface area contributed by atoms with Crippen molar-refractivity contribution < 1.29 is 18.7 Å². The predicted octanol–water partition coefficient (Wildman–Crippen LogP) is 6.98. The summed E-state index contributed by atoms with van der Waals surface area (Å²) in [5.74, 6) is -0.154. The van der Waals surface area contributed by atoms with Gasteiger partial charge in [0.15, 0.2) is 5.82 Å². The first-order chi connectivity index (χ1) is 23.1. The molecule has 4 aromatic rings. The first-order valence-corrected chi connectivity index (χ1v) is 17.0. The molecule has 0 N–H and O–H groups in total. The maximum Gasteiger partial charge on any atom is 0.410 e. The molecular formula is C36H39ClFN7O3. The normalized spacial score (nSPS) is 19.5. The van der Waals surface area contributed by atoms with Gasteiger partial charge in [-0.2, -0.15) is 15.2 Å². The zero-order valence-electron chi connectivity index (χ0n) is 27.5. The molecule has 2 aromatic heterocycles. The number of nitriles is 1. The van der Waals surface area contributed by atoms with Gasteiger partial charge in [0, 0.05) is 41.8 Å². The summed E-state index contributed by atoms with van der Waals surface area (Å²) in [6.45, 7) is 8.92. The van der Waals surface area contributed by atoms with Crippen molar-refractivity contribution in [1.82, 2.24) is 24.8 Å². The fourth-order valence-corrected chi connectivity index (χ4v) is 7.84. The van der Waals surface area contributed by atoms with E-state index in [1.807, 2.05) is 49.9 Å². The number of nitrogens with zero attached hydrogens (tertiary/aromatic N) is 7. The van der Waals surface area contributed by atoms with Crippen LogP contribution in [0.4, 0.5) is 15.0 Å². The number of hydrogen-bond donors (Lipinski definition) is 0. The number of benzene rings is 2. The second-order valence-electron chi connectivity index (χ2n) is 14.0. The number of piperazine rings is 1. The minimum absolute atomic E-state index is 0.0585. The highest BCUT2D eigenvalue weighted by molar-refractivity contribution is 6.36. The van der Waals surface area contributed by atoms with Crippen LogP contribution < -0.4 is 9.64 Å². The zero-order valence-corrected chi connectivity index (χ0v) is 28.3. The van der Waals surface area contributed by atoms with Crippen molar-refractivity contribution in [1.29, 1.82) is 5.26 Å². The summed E-state index contributed by atoms with van der Waals surface area (Å²) in [5.41, 5.74) is 0.0417. The SMILES string of the molecule is CC(C)(C)OC(=O)N1CCN(c2nc(OCC34CCCN3CCC4)nc3c(F)c(-c4cccc5cccc(Cl)c45)ncc23)C[C@@H]1CC#N. The van der Waals surface area contributed by atoms with E-state index < -0.39 is 23.6 Å². The van der Waals surface area contributed by atoms with E-state index in [1.54, 1.807) is 23.2 Å². The molecule has 2 aromatic carbocycles. The molecule has 0 saturated carbocycles. The molecule has 0 bridgehead atoms. The highest BCUT2D eigenvalue weighted by Crippen LogP contribution is 2.40. The first-order valence-electron chi connectivity index (χ1n) is 16.6. The molecule has 10 nitrogen and oxygen atoms in total. The van der Waals surface area contributed by atoms with Crippen molar-refractivity contribution >= 4 is 45.2 Å². The van der Waals surface area contributed by atoms with Crippen LogP contribution in [0.3, 0.4) is 0 Å². The number of pyridine rings is 1. The van der Waals surface area contributed by atoms with E-state index in [9.17, 15) is 10.1 Å². The summed E-state index contributed by atoms with van der Waals surface area (Å²) in [5, 5.41) is 12.2.